The Morgan fingerprint density at radius 3 is 2.77 bits per heavy atom. The van der Waals surface area contributed by atoms with E-state index in [-0.39, 0.29) is 6.04 Å². The first-order valence-electron chi connectivity index (χ1n) is 4.10. The van der Waals surface area contributed by atoms with Gasteiger partial charge in [0.1, 0.15) is 5.75 Å². The first-order valence-corrected chi connectivity index (χ1v) is 5.27. The quantitative estimate of drug-likeness (QED) is 0.816. The zero-order valence-corrected chi connectivity index (χ0v) is 9.19. The zero-order chi connectivity index (χ0) is 9.42. The molecule has 0 spiro atoms. The third-order valence-corrected chi connectivity index (χ3v) is 3.08. The Labute approximate surface area is 90.0 Å². The van der Waals surface area contributed by atoms with Gasteiger partial charge >= 0.3 is 0 Å². The molecule has 2 rings (SSSR count). The van der Waals surface area contributed by atoms with Crippen LogP contribution in [0.3, 0.4) is 0 Å². The number of phenolic OH excluding ortho intramolecular Hbond substituents is 1. The van der Waals surface area contributed by atoms with Crippen LogP contribution in [0.4, 0.5) is 0 Å². The van der Waals surface area contributed by atoms with Gasteiger partial charge in [0.05, 0.1) is 4.47 Å². The van der Waals surface area contributed by atoms with Crippen LogP contribution < -0.4 is 5.32 Å². The summed E-state index contributed by atoms with van der Waals surface area (Å²) in [5.41, 5.74) is 0.880. The fourth-order valence-electron chi connectivity index (χ4n) is 1.41. The highest BCUT2D eigenvalue weighted by atomic mass is 79.9. The van der Waals surface area contributed by atoms with Crippen LogP contribution in [0.1, 0.15) is 18.0 Å². The van der Waals surface area contributed by atoms with Crippen molar-refractivity contribution in [3.8, 4) is 5.75 Å². The highest BCUT2D eigenvalue weighted by Gasteiger charge is 2.22. The summed E-state index contributed by atoms with van der Waals surface area (Å²) < 4.78 is 0.656. The Kier molecular flexibility index (Phi) is 2.49. The largest absolute Gasteiger partial charge is 0.506 e. The summed E-state index contributed by atoms with van der Waals surface area (Å²) in [6, 6.07) is 3.76. The number of halogens is 2. The van der Waals surface area contributed by atoms with Crippen molar-refractivity contribution < 1.29 is 5.11 Å². The maximum Gasteiger partial charge on any atom is 0.134 e. The van der Waals surface area contributed by atoms with Gasteiger partial charge in [0.15, 0.2) is 0 Å². The van der Waals surface area contributed by atoms with Crippen molar-refractivity contribution in [3.63, 3.8) is 0 Å². The summed E-state index contributed by atoms with van der Waals surface area (Å²) in [4.78, 5) is 0. The molecule has 0 aromatic heterocycles. The lowest BCUT2D eigenvalue weighted by molar-refractivity contribution is 0.364. The molecular weight excluding hydrogens is 253 g/mol. The Balaban J connectivity index is 2.42. The van der Waals surface area contributed by atoms with Gasteiger partial charge in [-0.3, -0.25) is 0 Å². The van der Waals surface area contributed by atoms with Gasteiger partial charge in [-0.2, -0.15) is 0 Å². The molecule has 0 bridgehead atoms. The lowest BCUT2D eigenvalue weighted by Crippen LogP contribution is -2.34. The van der Waals surface area contributed by atoms with Crippen molar-refractivity contribution in [2.24, 2.45) is 0 Å². The summed E-state index contributed by atoms with van der Waals surface area (Å²) in [6.45, 7) is 1.01. The number of hydrogen-bond acceptors (Lipinski definition) is 2. The Morgan fingerprint density at radius 2 is 2.23 bits per heavy atom. The smallest absolute Gasteiger partial charge is 0.134 e. The van der Waals surface area contributed by atoms with Crippen molar-refractivity contribution in [1.82, 2.24) is 5.32 Å². The van der Waals surface area contributed by atoms with E-state index < -0.39 is 0 Å². The molecule has 70 valence electrons. The minimum atomic E-state index is 0.259. The van der Waals surface area contributed by atoms with Gasteiger partial charge in [0, 0.05) is 16.6 Å². The standard InChI is InChI=1S/C9H9BrClNO/c10-7-4-5(11)3-6(9(7)13)8-1-2-12-8/h3-4,8,12-13H,1-2H2. The van der Waals surface area contributed by atoms with Crippen LogP contribution in [0, 0.1) is 0 Å². The van der Waals surface area contributed by atoms with Crippen molar-refractivity contribution in [2.75, 3.05) is 6.54 Å². The fraction of sp³-hybridized carbons (Fsp3) is 0.333. The molecule has 0 amide bonds. The molecule has 4 heteroatoms. The number of aromatic hydroxyl groups is 1. The zero-order valence-electron chi connectivity index (χ0n) is 6.85. The van der Waals surface area contributed by atoms with E-state index in [0.717, 1.165) is 18.5 Å². The lowest BCUT2D eigenvalue weighted by atomic mass is 9.97. The predicted octanol–water partition coefficient (Wildman–Crippen LogP) is 2.84. The van der Waals surface area contributed by atoms with Crippen molar-refractivity contribution in [2.45, 2.75) is 12.5 Å². The second kappa shape index (κ2) is 3.48. The third kappa shape index (κ3) is 1.68. The molecule has 1 aromatic rings. The van der Waals surface area contributed by atoms with Crippen LogP contribution in [0.15, 0.2) is 16.6 Å². The maximum absolute atomic E-state index is 9.71. The molecule has 0 aliphatic carbocycles. The average Bonchev–Trinajstić information content (AvgIpc) is 1.95. The highest BCUT2D eigenvalue weighted by molar-refractivity contribution is 9.10. The molecule has 0 radical (unpaired) electrons. The van der Waals surface area contributed by atoms with E-state index in [2.05, 4.69) is 21.2 Å². The summed E-state index contributed by atoms with van der Waals surface area (Å²) in [7, 11) is 0. The monoisotopic (exact) mass is 261 g/mol. The van der Waals surface area contributed by atoms with Crippen LogP contribution in [-0.2, 0) is 0 Å². The second-order valence-electron chi connectivity index (χ2n) is 3.12. The normalized spacial score (nSPS) is 21.2. The van der Waals surface area contributed by atoms with E-state index in [1.54, 1.807) is 12.1 Å². The minimum absolute atomic E-state index is 0.259. The van der Waals surface area contributed by atoms with Crippen LogP contribution in [-0.4, -0.2) is 11.7 Å². The second-order valence-corrected chi connectivity index (χ2v) is 4.41. The molecule has 1 heterocycles. The van der Waals surface area contributed by atoms with E-state index in [1.807, 2.05) is 0 Å². The number of hydrogen-bond donors (Lipinski definition) is 2. The number of phenols is 1. The SMILES string of the molecule is Oc1c(Br)cc(Cl)cc1C1CCN1. The van der Waals surface area contributed by atoms with Gasteiger partial charge in [-0.25, -0.2) is 0 Å². The molecule has 1 saturated heterocycles. The molecule has 1 atom stereocenters. The van der Waals surface area contributed by atoms with Gasteiger partial charge < -0.3 is 10.4 Å². The van der Waals surface area contributed by atoms with E-state index in [9.17, 15) is 5.11 Å². The number of nitrogens with one attached hydrogen (secondary N) is 1. The Bertz CT molecular complexity index is 339. The predicted molar refractivity (Wildman–Crippen MR) is 56.2 cm³/mol. The van der Waals surface area contributed by atoms with Crippen LogP contribution >= 0.6 is 27.5 Å². The lowest BCUT2D eigenvalue weighted by Gasteiger charge is -2.28. The molecule has 2 N–H and O–H groups in total. The highest BCUT2D eigenvalue weighted by Crippen LogP contribution is 2.37. The third-order valence-electron chi connectivity index (χ3n) is 2.26. The van der Waals surface area contributed by atoms with E-state index in [4.69, 9.17) is 11.6 Å². The van der Waals surface area contributed by atoms with E-state index in [0.29, 0.717) is 15.2 Å². The molecule has 1 fully saturated rings. The molecule has 2 nitrogen and oxygen atoms in total. The molecule has 0 saturated carbocycles. The van der Waals surface area contributed by atoms with Crippen LogP contribution in [0.25, 0.3) is 0 Å². The van der Waals surface area contributed by atoms with E-state index >= 15 is 0 Å². The average molecular weight is 263 g/mol. The van der Waals surface area contributed by atoms with Crippen molar-refractivity contribution in [1.29, 1.82) is 0 Å². The summed E-state index contributed by atoms with van der Waals surface area (Å²) in [6.07, 6.45) is 1.06. The summed E-state index contributed by atoms with van der Waals surface area (Å²) in [5, 5.41) is 13.6. The van der Waals surface area contributed by atoms with Crippen LogP contribution in [0.2, 0.25) is 5.02 Å². The van der Waals surface area contributed by atoms with Crippen molar-refractivity contribution in [3.05, 3.63) is 27.2 Å². The minimum Gasteiger partial charge on any atom is -0.506 e. The van der Waals surface area contributed by atoms with Crippen molar-refractivity contribution >= 4 is 27.5 Å². The number of benzene rings is 1. The summed E-state index contributed by atoms with van der Waals surface area (Å²) >= 11 is 9.13. The van der Waals surface area contributed by atoms with E-state index in [1.165, 1.54) is 0 Å². The van der Waals surface area contributed by atoms with Gasteiger partial charge in [-0.1, -0.05) is 11.6 Å². The first-order chi connectivity index (χ1) is 6.18. The summed E-state index contributed by atoms with van der Waals surface area (Å²) in [5.74, 6) is 0.293. The molecule has 1 aromatic carbocycles. The molecule has 13 heavy (non-hydrogen) atoms. The number of rotatable bonds is 1. The van der Waals surface area contributed by atoms with Gasteiger partial charge in [0.25, 0.3) is 0 Å². The van der Waals surface area contributed by atoms with Crippen LogP contribution in [0.5, 0.6) is 5.75 Å². The first kappa shape index (κ1) is 9.31. The topological polar surface area (TPSA) is 32.3 Å². The van der Waals surface area contributed by atoms with Gasteiger partial charge in [0.2, 0.25) is 0 Å². The molecular formula is C9H9BrClNO. The Morgan fingerprint density at radius 1 is 1.54 bits per heavy atom. The van der Waals surface area contributed by atoms with Gasteiger partial charge in [-0.05, 0) is 41.0 Å². The molecule has 1 unspecified atom stereocenters. The molecule has 1 aliphatic rings. The van der Waals surface area contributed by atoms with Gasteiger partial charge in [-0.15, -0.1) is 0 Å². The fourth-order valence-corrected chi connectivity index (χ4v) is 2.24. The molecule has 1 aliphatic heterocycles. The maximum atomic E-state index is 9.71. The Hall–Kier alpha value is -0.250.